The molecule has 0 aliphatic rings. The monoisotopic (exact) mass is 997 g/mol. The summed E-state index contributed by atoms with van der Waals surface area (Å²) in [4.78, 5) is 9.26. The molecule has 0 saturated heterocycles. The first-order chi connectivity index (χ1) is 40.0. The number of hydrogen-bond donors (Lipinski definition) is 1. The van der Waals surface area contributed by atoms with E-state index in [4.69, 9.17) is 43.4 Å². The molecular formula is C55H54N3OPt-. The summed E-state index contributed by atoms with van der Waals surface area (Å²) in [5.74, 6) is -2.26. The molecule has 0 bridgehead atoms. The second-order valence-electron chi connectivity index (χ2n) is 15.1. The number of aryl methyl sites for hydroxylation is 1. The zero-order valence-corrected chi connectivity index (χ0v) is 34.5. The van der Waals surface area contributed by atoms with E-state index in [1.807, 2.05) is 0 Å². The summed E-state index contributed by atoms with van der Waals surface area (Å²) in [6, 6.07) is 18.0. The summed E-state index contributed by atoms with van der Waals surface area (Å²) in [7, 11) is 0. The molecule has 0 radical (unpaired) electrons. The van der Waals surface area contributed by atoms with E-state index in [2.05, 4.69) is 11.1 Å². The zero-order chi connectivity index (χ0) is 66.3. The zero-order valence-electron chi connectivity index (χ0n) is 61.3. The Morgan fingerprint density at radius 1 is 0.667 bits per heavy atom. The van der Waals surface area contributed by atoms with E-state index in [-0.39, 0.29) is 77.4 Å². The molecule has 0 atom stereocenters. The Bertz CT molecular complexity index is 3990. The minimum Gasteiger partial charge on any atom is -0.507 e. The van der Waals surface area contributed by atoms with Gasteiger partial charge in [0.15, 0.2) is 0 Å². The Kier molecular flexibility index (Phi) is 5.22. The molecule has 8 rings (SSSR count). The second-order valence-corrected chi connectivity index (χ2v) is 15.1. The van der Waals surface area contributed by atoms with Crippen LogP contribution in [0.2, 0.25) is 0 Å². The van der Waals surface area contributed by atoms with Crippen molar-refractivity contribution in [1.82, 2.24) is 14.5 Å². The van der Waals surface area contributed by atoms with Crippen molar-refractivity contribution in [3.8, 4) is 67.5 Å². The fourth-order valence-corrected chi connectivity index (χ4v) is 6.85. The van der Waals surface area contributed by atoms with Crippen LogP contribution in [-0.4, -0.2) is 19.6 Å². The molecule has 8 aromatic rings. The third kappa shape index (κ3) is 8.28. The molecule has 0 amide bonds. The van der Waals surface area contributed by atoms with Gasteiger partial charge in [0.2, 0.25) is 0 Å². The maximum Gasteiger partial charge on any atom is 0.148 e. The molecule has 306 valence electrons. The third-order valence-electron chi connectivity index (χ3n) is 9.82. The molecule has 1 N–H and O–H groups in total. The van der Waals surface area contributed by atoms with Gasteiger partial charge in [-0.25, -0.2) is 4.98 Å². The summed E-state index contributed by atoms with van der Waals surface area (Å²) in [5, 5.41) is 13.0. The quantitative estimate of drug-likeness (QED) is 0.169. The van der Waals surface area contributed by atoms with Crippen molar-refractivity contribution in [3.63, 3.8) is 0 Å². The van der Waals surface area contributed by atoms with E-state index < -0.39 is 152 Å². The number of imidazole rings is 1. The second kappa shape index (κ2) is 16.1. The van der Waals surface area contributed by atoms with Crippen LogP contribution in [0.4, 0.5) is 0 Å². The molecular weight excluding hydrogens is 914 g/mol. The van der Waals surface area contributed by atoms with Gasteiger partial charge in [-0.3, -0.25) is 9.55 Å². The van der Waals surface area contributed by atoms with Crippen molar-refractivity contribution in [3.05, 3.63) is 168 Å². The summed E-state index contributed by atoms with van der Waals surface area (Å²) >= 11 is 0. The summed E-state index contributed by atoms with van der Waals surface area (Å²) in [6.45, 7) is -22.7. The molecule has 6 aromatic carbocycles. The van der Waals surface area contributed by atoms with Crippen LogP contribution in [0.5, 0.6) is 5.75 Å². The molecule has 0 aliphatic heterocycles. The first-order valence-corrected chi connectivity index (χ1v) is 18.2. The molecule has 5 heteroatoms. The normalized spacial score (nSPS) is 20.6. The molecule has 0 unspecified atom stereocenters. The molecule has 60 heavy (non-hydrogen) atoms. The average molecular weight is 997 g/mol. The number of aromatic hydroxyl groups is 1. The van der Waals surface area contributed by atoms with E-state index >= 15 is 0 Å². The summed E-state index contributed by atoms with van der Waals surface area (Å²) < 4.78 is 253. The molecule has 2 heterocycles. The summed E-state index contributed by atoms with van der Waals surface area (Å²) in [5.41, 5.74) is -14.4. The topological polar surface area (TPSA) is 50.9 Å². The van der Waals surface area contributed by atoms with Gasteiger partial charge in [0.1, 0.15) is 11.6 Å². The number of phenols is 1. The number of para-hydroxylation sites is 1. The number of aromatic nitrogens is 3. The van der Waals surface area contributed by atoms with Crippen LogP contribution in [-0.2, 0) is 37.3 Å². The number of fused-ring (bicyclic) bond motifs is 1. The number of nitrogens with zero attached hydrogens (tertiary/aromatic N) is 3. The van der Waals surface area contributed by atoms with E-state index in [1.165, 1.54) is 41.0 Å². The predicted molar refractivity (Wildman–Crippen MR) is 247 cm³/mol. The number of pyridine rings is 1. The predicted octanol–water partition coefficient (Wildman–Crippen LogP) is 14.5. The van der Waals surface area contributed by atoms with Gasteiger partial charge in [-0.15, -0.1) is 29.3 Å². The van der Waals surface area contributed by atoms with Crippen molar-refractivity contribution in [2.24, 2.45) is 0 Å². The van der Waals surface area contributed by atoms with Crippen molar-refractivity contribution < 1.29 is 65.9 Å². The maximum absolute atomic E-state index is 13.0. The van der Waals surface area contributed by atoms with E-state index in [0.717, 1.165) is 0 Å². The number of benzene rings is 6. The molecule has 0 aliphatic carbocycles. The Morgan fingerprint density at radius 3 is 2.12 bits per heavy atom. The maximum atomic E-state index is 13.0. The number of rotatable bonds is 6. The number of hydrogen-bond acceptors (Lipinski definition) is 3. The minimum atomic E-state index is -4.30. The van der Waals surface area contributed by atoms with Crippen molar-refractivity contribution in [2.75, 3.05) is 0 Å². The van der Waals surface area contributed by atoms with Gasteiger partial charge in [-0.1, -0.05) is 169 Å². The van der Waals surface area contributed by atoms with Crippen LogP contribution in [0.15, 0.2) is 139 Å². The minimum absolute atomic E-state index is 0. The van der Waals surface area contributed by atoms with E-state index in [1.54, 1.807) is 63.2 Å². The Labute approximate surface area is 411 Å². The van der Waals surface area contributed by atoms with Crippen molar-refractivity contribution in [1.29, 1.82) is 0 Å². The molecule has 4 nitrogen and oxygen atoms in total. The van der Waals surface area contributed by atoms with Crippen LogP contribution in [0.3, 0.4) is 0 Å². The van der Waals surface area contributed by atoms with Crippen LogP contribution in [0.25, 0.3) is 72.7 Å². The van der Waals surface area contributed by atoms with Gasteiger partial charge >= 0.3 is 0 Å². The Balaban J connectivity index is 0.0000113. The van der Waals surface area contributed by atoms with Crippen molar-refractivity contribution in [2.45, 2.75) is 85.0 Å². The third-order valence-corrected chi connectivity index (χ3v) is 9.82. The number of phenolic OH excluding ortho intramolecular Hbond substituents is 1. The van der Waals surface area contributed by atoms with Crippen LogP contribution in [0, 0.1) is 12.9 Å². The largest absolute Gasteiger partial charge is 0.507 e. The standard InChI is InChI=1S/C55H54N3O.Pt/c1-35-24-25-48(44(28-35)37-20-15-12-16-21-37)58-49-23-17-22-43(50(49)57-52(58)45-33-42(54(5,6)7)34-46(51(45)59)55(8,9)10)39-29-40(31-41(30-39)53(2,3)4)47-32-38(26-27-56-47)36-18-13-11-14-19-36;/h11-28,30-34,59H,1-10H3;/q-1;/i1D3,5D3,6D3,7D3,8D3,9D3,10D3,11D,13D,14D,18D,19D,26D,27D,32D;. The Morgan fingerprint density at radius 2 is 1.40 bits per heavy atom. The van der Waals surface area contributed by atoms with Crippen LogP contribution in [0.1, 0.15) is 124 Å². The fraction of sp³-hybridized carbons (Fsp3) is 0.236. The molecule has 2 aromatic heterocycles. The fourth-order valence-electron chi connectivity index (χ4n) is 6.85. The van der Waals surface area contributed by atoms with Crippen LogP contribution < -0.4 is 0 Å². The average Bonchev–Trinajstić information content (AvgIpc) is 1.14. The van der Waals surface area contributed by atoms with Gasteiger partial charge in [0, 0.05) is 72.8 Å². The smallest absolute Gasteiger partial charge is 0.148 e. The van der Waals surface area contributed by atoms with Gasteiger partial charge in [0.05, 0.1) is 33.3 Å². The SMILES string of the molecule is [2H]c1nc(-c2[c-]c(-c3cccc4c3nc(-c3cc(C(C([2H])([2H])[2H])(C([2H])([2H])[2H])C([2H])([2H])[2H])cc(C(C([2H])([2H])[2H])(C([2H])([2H])[2H])C([2H])([2H])[2H])c3O)n4-c3ccc(C([2H])([2H])[2H])cc3-c3ccccc3)cc(C(C)(C)C)c2)c([2H])c(-c2c([2H])c([2H])c([2H])c([2H])c2[2H])c1[2H].[Pt]. The van der Waals surface area contributed by atoms with Gasteiger partial charge in [-0.2, -0.15) is 0 Å². The van der Waals surface area contributed by atoms with Gasteiger partial charge in [0.25, 0.3) is 0 Å². The first-order valence-electron chi connectivity index (χ1n) is 32.7. The Hall–Kier alpha value is -5.57. The van der Waals surface area contributed by atoms with Gasteiger partial charge in [-0.05, 0) is 75.7 Å². The summed E-state index contributed by atoms with van der Waals surface area (Å²) in [6.07, 6.45) is -0.770. The molecule has 0 saturated carbocycles. The molecule has 0 spiro atoms. The van der Waals surface area contributed by atoms with E-state index in [0.29, 0.717) is 17.2 Å². The van der Waals surface area contributed by atoms with Crippen molar-refractivity contribution >= 4 is 11.0 Å². The molecule has 0 fully saturated rings. The van der Waals surface area contributed by atoms with Crippen LogP contribution >= 0.6 is 0 Å². The van der Waals surface area contributed by atoms with E-state index in [9.17, 15) is 6.48 Å². The first kappa shape index (κ1) is 19.4. The van der Waals surface area contributed by atoms with Gasteiger partial charge < -0.3 is 5.11 Å².